The maximum Gasteiger partial charge on any atom is 0.334 e. The molecule has 0 bridgehead atoms. The molecule has 0 aromatic heterocycles. The van der Waals surface area contributed by atoms with Crippen LogP contribution in [0, 0.1) is 5.41 Å². The Kier molecular flexibility index (Phi) is 14.7. The number of rotatable bonds is 17. The van der Waals surface area contributed by atoms with E-state index in [0.717, 1.165) is 0 Å². The standard InChI is InChI=1S/C29H40Br2N4O14/c1-27(2,30)25(44)46-14-29(5,15-47-26(45)28(3,4)31)24(43)33-16(6-11-21(40)48-34-17(36)7-8-18(34)37)23(42)32-13-12-22(41)49-35-19(38)9-10-20(35)39/h16-17,36H,6-15H2,1-5H3,(H,32,42)(H,33,43). The molecule has 274 valence electrons. The fourth-order valence-corrected chi connectivity index (χ4v) is 4.19. The van der Waals surface area contributed by atoms with E-state index in [1.54, 1.807) is 0 Å². The lowest BCUT2D eigenvalue weighted by Crippen LogP contribution is -2.54. The molecule has 0 radical (unpaired) electrons. The molecule has 0 aromatic rings. The smallest absolute Gasteiger partial charge is 0.334 e. The van der Waals surface area contributed by atoms with E-state index in [-0.39, 0.29) is 32.2 Å². The van der Waals surface area contributed by atoms with Crippen molar-refractivity contribution < 1.29 is 67.4 Å². The van der Waals surface area contributed by atoms with Crippen molar-refractivity contribution in [2.45, 2.75) is 100 Å². The average molecular weight is 828 g/mol. The summed E-state index contributed by atoms with van der Waals surface area (Å²) in [6, 6.07) is -1.51. The number of carbonyl (C=O) groups is 9. The van der Waals surface area contributed by atoms with Crippen molar-refractivity contribution in [3.8, 4) is 0 Å². The second-order valence-electron chi connectivity index (χ2n) is 12.5. The lowest BCUT2D eigenvalue weighted by molar-refractivity contribution is -0.220. The number of imide groups is 1. The number of nitrogens with zero attached hydrogens (tertiary/aromatic N) is 2. The number of hydrogen-bond donors (Lipinski definition) is 3. The van der Waals surface area contributed by atoms with Gasteiger partial charge in [-0.25, -0.2) is 9.59 Å². The van der Waals surface area contributed by atoms with E-state index in [2.05, 4.69) is 42.5 Å². The van der Waals surface area contributed by atoms with E-state index < -0.39 is 112 Å². The van der Waals surface area contributed by atoms with Crippen molar-refractivity contribution in [2.24, 2.45) is 5.41 Å². The topological polar surface area (TPSA) is 241 Å². The molecule has 20 heteroatoms. The highest BCUT2D eigenvalue weighted by Gasteiger charge is 2.42. The van der Waals surface area contributed by atoms with Gasteiger partial charge in [-0.15, -0.1) is 10.1 Å². The van der Waals surface area contributed by atoms with Crippen LogP contribution in [-0.4, -0.2) is 109 Å². The molecule has 2 saturated heterocycles. The number of hydroxylamine groups is 4. The summed E-state index contributed by atoms with van der Waals surface area (Å²) in [6.45, 7) is 5.74. The number of halogens is 2. The van der Waals surface area contributed by atoms with E-state index >= 15 is 0 Å². The normalized spacial score (nSPS) is 17.4. The number of aliphatic hydroxyl groups is 1. The Labute approximate surface area is 298 Å². The van der Waals surface area contributed by atoms with Crippen molar-refractivity contribution in [1.29, 1.82) is 0 Å². The van der Waals surface area contributed by atoms with Gasteiger partial charge in [-0.1, -0.05) is 31.9 Å². The Morgan fingerprint density at radius 3 is 1.80 bits per heavy atom. The molecular weight excluding hydrogens is 788 g/mol. The summed E-state index contributed by atoms with van der Waals surface area (Å²) in [7, 11) is 0. The van der Waals surface area contributed by atoms with Crippen LogP contribution in [-0.2, 0) is 62.3 Å². The minimum atomic E-state index is -1.77. The molecule has 2 fully saturated rings. The predicted molar refractivity (Wildman–Crippen MR) is 170 cm³/mol. The van der Waals surface area contributed by atoms with Crippen LogP contribution in [0.1, 0.15) is 79.6 Å². The van der Waals surface area contributed by atoms with Crippen molar-refractivity contribution in [3.63, 3.8) is 0 Å². The zero-order valence-corrected chi connectivity index (χ0v) is 30.8. The number of amides is 5. The lowest BCUT2D eigenvalue weighted by atomic mass is 9.90. The van der Waals surface area contributed by atoms with Gasteiger partial charge in [-0.3, -0.25) is 33.6 Å². The second kappa shape index (κ2) is 17.3. The number of ether oxygens (including phenoxy) is 2. The van der Waals surface area contributed by atoms with Crippen LogP contribution < -0.4 is 10.6 Å². The van der Waals surface area contributed by atoms with Crippen LogP contribution >= 0.6 is 31.9 Å². The Hall–Kier alpha value is -3.65. The summed E-state index contributed by atoms with van der Waals surface area (Å²) < 4.78 is 8.36. The third-order valence-corrected chi connectivity index (χ3v) is 7.63. The Morgan fingerprint density at radius 2 is 1.33 bits per heavy atom. The van der Waals surface area contributed by atoms with Crippen LogP contribution in [0.5, 0.6) is 0 Å². The maximum absolute atomic E-state index is 13.7. The van der Waals surface area contributed by atoms with Gasteiger partial charge in [0.25, 0.3) is 17.7 Å². The Bertz CT molecular complexity index is 1300. The molecule has 0 aliphatic carbocycles. The summed E-state index contributed by atoms with van der Waals surface area (Å²) in [5.74, 6) is -7.39. The largest absolute Gasteiger partial charge is 0.463 e. The van der Waals surface area contributed by atoms with Crippen LogP contribution in [0.15, 0.2) is 0 Å². The van der Waals surface area contributed by atoms with E-state index in [1.807, 2.05) is 0 Å². The Balaban J connectivity index is 2.20. The number of nitrogens with one attached hydrogen (secondary N) is 2. The van der Waals surface area contributed by atoms with Crippen LogP contribution in [0.3, 0.4) is 0 Å². The third kappa shape index (κ3) is 12.6. The van der Waals surface area contributed by atoms with Gasteiger partial charge < -0.3 is 34.9 Å². The zero-order valence-electron chi connectivity index (χ0n) is 27.6. The molecule has 5 amide bonds. The predicted octanol–water partition coefficient (Wildman–Crippen LogP) is 0.204. The van der Waals surface area contributed by atoms with Crippen LogP contribution in [0.25, 0.3) is 0 Å². The molecule has 49 heavy (non-hydrogen) atoms. The number of esters is 2. The molecule has 18 nitrogen and oxygen atoms in total. The second-order valence-corrected chi connectivity index (χ2v) is 16.5. The van der Waals surface area contributed by atoms with Crippen LogP contribution in [0.2, 0.25) is 0 Å². The number of alkyl halides is 2. The average Bonchev–Trinajstić information content (AvgIpc) is 3.49. The highest BCUT2D eigenvalue weighted by molar-refractivity contribution is 9.10. The number of aliphatic hydroxyl groups excluding tert-OH is 1. The molecule has 3 N–H and O–H groups in total. The quantitative estimate of drug-likeness (QED) is 0.101. The highest BCUT2D eigenvalue weighted by Crippen LogP contribution is 2.26. The molecule has 2 rings (SSSR count). The molecule has 2 atom stereocenters. The molecule has 2 aliphatic heterocycles. The minimum Gasteiger partial charge on any atom is -0.463 e. The van der Waals surface area contributed by atoms with Gasteiger partial charge in [0.05, 0.1) is 12.8 Å². The molecule has 2 aliphatic rings. The summed E-state index contributed by atoms with van der Waals surface area (Å²) >= 11 is 6.32. The minimum absolute atomic E-state index is 0.0436. The van der Waals surface area contributed by atoms with Gasteiger partial charge in [0.1, 0.15) is 33.3 Å². The first-order valence-corrected chi connectivity index (χ1v) is 16.7. The SMILES string of the molecule is CC(C)(Br)C(=O)OCC(C)(COC(=O)C(C)(C)Br)C(=O)NC(CCC(=O)ON1C(=O)CCC1O)C(=O)NCCC(=O)ON1C(=O)CCC1=O. The molecule has 0 saturated carbocycles. The molecule has 2 heterocycles. The van der Waals surface area contributed by atoms with E-state index in [0.29, 0.717) is 10.1 Å². The monoisotopic (exact) mass is 826 g/mol. The van der Waals surface area contributed by atoms with Crippen molar-refractivity contribution in [1.82, 2.24) is 20.8 Å². The fourth-order valence-electron chi connectivity index (χ4n) is 3.96. The highest BCUT2D eigenvalue weighted by atomic mass is 79.9. The van der Waals surface area contributed by atoms with Gasteiger partial charge in [-0.05, 0) is 41.0 Å². The van der Waals surface area contributed by atoms with Gasteiger partial charge >= 0.3 is 23.9 Å². The summed E-state index contributed by atoms with van der Waals surface area (Å²) in [6.07, 6.45) is -3.05. The number of hydrogen-bond acceptors (Lipinski definition) is 14. The Morgan fingerprint density at radius 1 is 0.816 bits per heavy atom. The van der Waals surface area contributed by atoms with E-state index in [1.165, 1.54) is 34.6 Å². The first kappa shape index (κ1) is 41.5. The molecule has 0 aromatic carbocycles. The molecule has 0 spiro atoms. The van der Waals surface area contributed by atoms with Gasteiger partial charge in [0.15, 0.2) is 6.23 Å². The zero-order chi connectivity index (χ0) is 37.3. The lowest BCUT2D eigenvalue weighted by Gasteiger charge is -2.31. The number of carbonyl (C=O) groups excluding carboxylic acids is 9. The summed E-state index contributed by atoms with van der Waals surface area (Å²) in [4.78, 5) is 122. The third-order valence-electron chi connectivity index (χ3n) is 6.98. The van der Waals surface area contributed by atoms with Gasteiger partial charge in [0, 0.05) is 32.2 Å². The fraction of sp³-hybridized carbons (Fsp3) is 0.690. The molecular formula is C29H40Br2N4O14. The maximum atomic E-state index is 13.7. The first-order valence-electron chi connectivity index (χ1n) is 15.1. The van der Waals surface area contributed by atoms with Crippen LogP contribution in [0.4, 0.5) is 0 Å². The van der Waals surface area contributed by atoms with E-state index in [4.69, 9.17) is 19.1 Å². The van der Waals surface area contributed by atoms with Crippen molar-refractivity contribution in [3.05, 3.63) is 0 Å². The van der Waals surface area contributed by atoms with Gasteiger partial charge in [0.2, 0.25) is 11.8 Å². The van der Waals surface area contributed by atoms with Gasteiger partial charge in [-0.2, -0.15) is 0 Å². The van der Waals surface area contributed by atoms with Crippen molar-refractivity contribution in [2.75, 3.05) is 19.8 Å². The first-order chi connectivity index (χ1) is 22.5. The van der Waals surface area contributed by atoms with Crippen molar-refractivity contribution >= 4 is 85.3 Å². The van der Waals surface area contributed by atoms with E-state index in [9.17, 15) is 48.3 Å². The summed E-state index contributed by atoms with van der Waals surface area (Å²) in [5.41, 5.74) is -1.77. The summed E-state index contributed by atoms with van der Waals surface area (Å²) in [5, 5.41) is 15.6. The molecule has 2 unspecified atom stereocenters.